The topological polar surface area (TPSA) is 43.1 Å². The normalized spacial score (nSPS) is 11.9. The van der Waals surface area contributed by atoms with Gasteiger partial charge in [-0.2, -0.15) is 9.61 Å². The van der Waals surface area contributed by atoms with E-state index in [9.17, 15) is 0 Å². The molecule has 2 heterocycles. The van der Waals surface area contributed by atoms with Crippen molar-refractivity contribution in [3.05, 3.63) is 23.0 Å². The van der Waals surface area contributed by atoms with Gasteiger partial charge in [0.1, 0.15) is 5.01 Å². The summed E-state index contributed by atoms with van der Waals surface area (Å²) in [6, 6.07) is 0. The van der Waals surface area contributed by atoms with Crippen molar-refractivity contribution in [2.75, 3.05) is 0 Å². The van der Waals surface area contributed by atoms with Gasteiger partial charge in [0.05, 0.1) is 0 Å². The number of aromatic nitrogens is 4. The average molecular weight is 377 g/mol. The Balaban J connectivity index is 1.40. The third-order valence-electron chi connectivity index (χ3n) is 4.82. The summed E-state index contributed by atoms with van der Waals surface area (Å²) < 4.78 is 1.91. The number of hydrogen-bond acceptors (Lipinski definition) is 4. The summed E-state index contributed by atoms with van der Waals surface area (Å²) in [6.45, 7) is 4.30. The van der Waals surface area contributed by atoms with Gasteiger partial charge in [0, 0.05) is 6.42 Å². The molecule has 0 spiro atoms. The van der Waals surface area contributed by atoms with Crippen molar-refractivity contribution in [1.82, 2.24) is 19.8 Å². The van der Waals surface area contributed by atoms with Gasteiger partial charge in [-0.1, -0.05) is 81.8 Å². The monoisotopic (exact) mass is 376 g/mol. The highest BCUT2D eigenvalue weighted by Crippen LogP contribution is 2.15. The molecule has 0 unspecified atom stereocenters. The maximum Gasteiger partial charge on any atom is 0.234 e. The molecule has 5 heteroatoms. The average Bonchev–Trinajstić information content (AvgIpc) is 3.18. The van der Waals surface area contributed by atoms with E-state index in [0.717, 1.165) is 22.2 Å². The van der Waals surface area contributed by atoms with Crippen LogP contribution in [0.1, 0.15) is 101 Å². The van der Waals surface area contributed by atoms with Gasteiger partial charge >= 0.3 is 0 Å². The molecule has 0 aromatic carbocycles. The number of aryl methyl sites for hydroxylation is 2. The van der Waals surface area contributed by atoms with E-state index in [1.807, 2.05) is 11.4 Å². The van der Waals surface area contributed by atoms with E-state index in [1.165, 1.54) is 83.5 Å². The third kappa shape index (κ3) is 7.98. The zero-order chi connectivity index (χ0) is 18.5. The molecule has 4 nitrogen and oxygen atoms in total. The summed E-state index contributed by atoms with van der Waals surface area (Å²) >= 11 is 1.61. The third-order valence-corrected chi connectivity index (χ3v) is 5.63. The second-order valence-corrected chi connectivity index (χ2v) is 8.43. The maximum atomic E-state index is 4.46. The molecule has 0 amide bonds. The zero-order valence-electron chi connectivity index (χ0n) is 16.8. The van der Waals surface area contributed by atoms with Crippen molar-refractivity contribution in [1.29, 1.82) is 0 Å². The van der Waals surface area contributed by atoms with Crippen molar-refractivity contribution < 1.29 is 0 Å². The van der Waals surface area contributed by atoms with E-state index in [1.54, 1.807) is 11.3 Å². The van der Waals surface area contributed by atoms with Gasteiger partial charge in [-0.15, -0.1) is 10.2 Å². The summed E-state index contributed by atoms with van der Waals surface area (Å²) in [7, 11) is 0. The molecule has 146 valence electrons. The van der Waals surface area contributed by atoms with Crippen LogP contribution >= 0.6 is 11.3 Å². The van der Waals surface area contributed by atoms with Crippen LogP contribution in [0, 0.1) is 6.92 Å². The Morgan fingerprint density at radius 2 is 1.42 bits per heavy atom. The van der Waals surface area contributed by atoms with Crippen LogP contribution in [-0.2, 0) is 6.42 Å². The van der Waals surface area contributed by atoms with Crippen molar-refractivity contribution in [2.24, 2.45) is 0 Å². The Morgan fingerprint density at radius 1 is 0.808 bits per heavy atom. The van der Waals surface area contributed by atoms with E-state index in [0.29, 0.717) is 0 Å². The molecule has 0 atom stereocenters. The lowest BCUT2D eigenvalue weighted by atomic mass is 10.1. The van der Waals surface area contributed by atoms with Gasteiger partial charge in [0.15, 0.2) is 5.82 Å². The van der Waals surface area contributed by atoms with Crippen molar-refractivity contribution >= 4 is 16.3 Å². The second kappa shape index (κ2) is 13.0. The summed E-state index contributed by atoms with van der Waals surface area (Å²) in [4.78, 5) is 0.922. The summed E-state index contributed by atoms with van der Waals surface area (Å²) in [5.74, 6) is 1.02. The molecule has 0 aliphatic heterocycles. The molecule has 0 aliphatic carbocycles. The van der Waals surface area contributed by atoms with Crippen LogP contribution in [0.2, 0.25) is 0 Å². The zero-order valence-corrected chi connectivity index (χ0v) is 17.6. The fraction of sp³-hybridized carbons (Fsp3) is 0.762. The van der Waals surface area contributed by atoms with Gasteiger partial charge < -0.3 is 0 Å². The SMILES string of the molecule is CCCCCCCCC=CCCCCCCCc1nnc2sc(C)nn12. The molecular formula is C21H36N4S. The van der Waals surface area contributed by atoms with Crippen LogP contribution < -0.4 is 0 Å². The Morgan fingerprint density at radius 3 is 2.12 bits per heavy atom. The predicted octanol–water partition coefficient (Wildman–Crippen LogP) is 6.68. The van der Waals surface area contributed by atoms with E-state index in [2.05, 4.69) is 34.4 Å². The largest absolute Gasteiger partial charge is 0.234 e. The summed E-state index contributed by atoms with van der Waals surface area (Å²) in [5.41, 5.74) is 0. The van der Waals surface area contributed by atoms with E-state index in [4.69, 9.17) is 0 Å². The van der Waals surface area contributed by atoms with Crippen molar-refractivity contribution in [3.63, 3.8) is 0 Å². The van der Waals surface area contributed by atoms with Crippen molar-refractivity contribution in [2.45, 2.75) is 104 Å². The molecule has 0 fully saturated rings. The lowest BCUT2D eigenvalue weighted by Gasteiger charge is -2.00. The van der Waals surface area contributed by atoms with Crippen LogP contribution in [0.4, 0.5) is 0 Å². The number of hydrogen-bond donors (Lipinski definition) is 0. The molecule has 26 heavy (non-hydrogen) atoms. The van der Waals surface area contributed by atoms with Gasteiger partial charge in [-0.3, -0.25) is 0 Å². The lowest BCUT2D eigenvalue weighted by molar-refractivity contribution is 0.602. The first kappa shape index (κ1) is 21.1. The molecule has 2 aromatic rings. The highest BCUT2D eigenvalue weighted by Gasteiger charge is 2.08. The highest BCUT2D eigenvalue weighted by atomic mass is 32.1. The van der Waals surface area contributed by atoms with E-state index in [-0.39, 0.29) is 0 Å². The number of unbranched alkanes of at least 4 members (excludes halogenated alkanes) is 11. The molecule has 0 saturated carbocycles. The standard InChI is InChI=1S/C21H36N4S/c1-3-4-5-6-7-8-9-10-11-12-13-14-15-16-17-18-20-22-23-21-25(20)24-19(2)26-21/h10-11H,3-9,12-18H2,1-2H3. The molecule has 2 aromatic heterocycles. The first-order valence-electron chi connectivity index (χ1n) is 10.6. The molecular weight excluding hydrogens is 340 g/mol. The van der Waals surface area contributed by atoms with E-state index >= 15 is 0 Å². The van der Waals surface area contributed by atoms with Gasteiger partial charge in [0.25, 0.3) is 0 Å². The molecule has 0 N–H and O–H groups in total. The van der Waals surface area contributed by atoms with Gasteiger partial charge in [0.2, 0.25) is 4.96 Å². The number of allylic oxidation sites excluding steroid dienone is 2. The van der Waals surface area contributed by atoms with Crippen LogP contribution in [-0.4, -0.2) is 19.8 Å². The van der Waals surface area contributed by atoms with Crippen molar-refractivity contribution in [3.8, 4) is 0 Å². The first-order chi connectivity index (χ1) is 12.8. The molecule has 2 rings (SSSR count). The molecule has 0 bridgehead atoms. The number of fused-ring (bicyclic) bond motifs is 1. The minimum atomic E-state index is 0.922. The van der Waals surface area contributed by atoms with Crippen LogP contribution in [0.3, 0.4) is 0 Å². The lowest BCUT2D eigenvalue weighted by Crippen LogP contribution is -1.96. The second-order valence-electron chi connectivity index (χ2n) is 7.27. The Hall–Kier alpha value is -1.23. The number of nitrogens with zero attached hydrogens (tertiary/aromatic N) is 4. The summed E-state index contributed by atoms with van der Waals surface area (Å²) in [5, 5.41) is 14.0. The quantitative estimate of drug-likeness (QED) is 0.257. The van der Waals surface area contributed by atoms with E-state index < -0.39 is 0 Å². The van der Waals surface area contributed by atoms with Crippen LogP contribution in [0.5, 0.6) is 0 Å². The minimum Gasteiger partial charge on any atom is -0.187 e. The predicted molar refractivity (Wildman–Crippen MR) is 112 cm³/mol. The van der Waals surface area contributed by atoms with Gasteiger partial charge in [-0.05, 0) is 39.0 Å². The fourth-order valence-electron chi connectivity index (χ4n) is 3.26. The fourth-order valence-corrected chi connectivity index (χ4v) is 3.96. The highest BCUT2D eigenvalue weighted by molar-refractivity contribution is 7.16. The Bertz CT molecular complexity index is 629. The number of rotatable bonds is 15. The molecule has 0 saturated heterocycles. The Labute approximate surface area is 163 Å². The smallest absolute Gasteiger partial charge is 0.187 e. The molecule has 0 radical (unpaired) electrons. The van der Waals surface area contributed by atoms with Gasteiger partial charge in [-0.25, -0.2) is 0 Å². The maximum absolute atomic E-state index is 4.46. The first-order valence-corrected chi connectivity index (χ1v) is 11.5. The minimum absolute atomic E-state index is 0.922. The Kier molecular flexibility index (Phi) is 10.6. The van der Waals surface area contributed by atoms with Crippen LogP contribution in [0.15, 0.2) is 12.2 Å². The summed E-state index contributed by atoms with van der Waals surface area (Å²) in [6.07, 6.45) is 23.1. The van der Waals surface area contributed by atoms with Crippen LogP contribution in [0.25, 0.3) is 4.96 Å². The molecule has 0 aliphatic rings.